The van der Waals surface area contributed by atoms with Crippen LogP contribution in [0.1, 0.15) is 28.8 Å². The molecule has 0 bridgehead atoms. The lowest BCUT2D eigenvalue weighted by Gasteiger charge is -2.09. The molecule has 1 fully saturated rings. The highest BCUT2D eigenvalue weighted by Crippen LogP contribution is 2.19. The molecule has 1 heterocycles. The fraction of sp³-hybridized carbons (Fsp3) is 0.353. The molecular formula is C17H20N4O2. The molecular weight excluding hydrogens is 292 g/mol. The number of nitrogens with one attached hydrogen (secondary N) is 2. The van der Waals surface area contributed by atoms with Gasteiger partial charge in [-0.2, -0.15) is 0 Å². The predicted molar refractivity (Wildman–Crippen MR) is 87.7 cm³/mol. The number of rotatable bonds is 7. The lowest BCUT2D eigenvalue weighted by Crippen LogP contribution is -2.25. The summed E-state index contributed by atoms with van der Waals surface area (Å²) in [5.74, 6) is 1.29. The summed E-state index contributed by atoms with van der Waals surface area (Å²) in [6, 6.07) is 8.25. The minimum atomic E-state index is -0.104. The fourth-order valence-corrected chi connectivity index (χ4v) is 2.25. The van der Waals surface area contributed by atoms with Gasteiger partial charge in [-0.1, -0.05) is 18.2 Å². The van der Waals surface area contributed by atoms with Crippen molar-refractivity contribution in [3.8, 4) is 5.75 Å². The number of hydrogen-bond acceptors (Lipinski definition) is 5. The summed E-state index contributed by atoms with van der Waals surface area (Å²) < 4.78 is 5.32. The zero-order chi connectivity index (χ0) is 16.1. The second-order valence-corrected chi connectivity index (χ2v) is 5.53. The van der Waals surface area contributed by atoms with E-state index >= 15 is 0 Å². The molecule has 23 heavy (non-hydrogen) atoms. The van der Waals surface area contributed by atoms with Crippen LogP contribution in [0.2, 0.25) is 0 Å². The maximum absolute atomic E-state index is 11.9. The SMILES string of the molecule is COc1ccccc1CCNc1ncc(C(=O)NC2CC2)cn1. The number of hydrogen-bond donors (Lipinski definition) is 2. The van der Waals surface area contributed by atoms with Crippen LogP contribution in [0.25, 0.3) is 0 Å². The number of para-hydroxylation sites is 1. The Bertz CT molecular complexity index is 669. The van der Waals surface area contributed by atoms with Crippen molar-refractivity contribution in [2.24, 2.45) is 0 Å². The Balaban J connectivity index is 1.51. The maximum atomic E-state index is 11.9. The lowest BCUT2D eigenvalue weighted by molar-refractivity contribution is 0.0950. The van der Waals surface area contributed by atoms with Crippen LogP contribution >= 0.6 is 0 Å². The first-order chi connectivity index (χ1) is 11.3. The molecule has 0 saturated heterocycles. The predicted octanol–water partition coefficient (Wildman–Crippen LogP) is 2.03. The van der Waals surface area contributed by atoms with Crippen molar-refractivity contribution in [2.45, 2.75) is 25.3 Å². The summed E-state index contributed by atoms with van der Waals surface area (Å²) in [4.78, 5) is 20.2. The first-order valence-corrected chi connectivity index (χ1v) is 7.75. The number of carbonyl (C=O) groups excluding carboxylic acids is 1. The fourth-order valence-electron chi connectivity index (χ4n) is 2.25. The third-order valence-electron chi connectivity index (χ3n) is 3.70. The van der Waals surface area contributed by atoms with Gasteiger partial charge in [0.2, 0.25) is 5.95 Å². The molecule has 1 amide bonds. The van der Waals surface area contributed by atoms with Crippen molar-refractivity contribution in [3.05, 3.63) is 47.8 Å². The first kappa shape index (κ1) is 15.3. The molecule has 0 radical (unpaired) electrons. The molecule has 3 rings (SSSR count). The molecule has 1 aliphatic carbocycles. The maximum Gasteiger partial charge on any atom is 0.254 e. The number of carbonyl (C=O) groups is 1. The Morgan fingerprint density at radius 3 is 2.70 bits per heavy atom. The van der Waals surface area contributed by atoms with E-state index in [0.29, 0.717) is 24.1 Å². The number of ether oxygens (including phenoxy) is 1. The number of anilines is 1. The average molecular weight is 312 g/mol. The van der Waals surface area contributed by atoms with Gasteiger partial charge >= 0.3 is 0 Å². The molecule has 0 unspecified atom stereocenters. The Kier molecular flexibility index (Phi) is 4.71. The monoisotopic (exact) mass is 312 g/mol. The summed E-state index contributed by atoms with van der Waals surface area (Å²) >= 11 is 0. The third-order valence-corrected chi connectivity index (χ3v) is 3.70. The number of benzene rings is 1. The largest absolute Gasteiger partial charge is 0.496 e. The Morgan fingerprint density at radius 2 is 2.00 bits per heavy atom. The third kappa shape index (κ3) is 4.18. The van der Waals surface area contributed by atoms with Gasteiger partial charge in [0.05, 0.1) is 12.7 Å². The highest BCUT2D eigenvalue weighted by molar-refractivity contribution is 5.94. The first-order valence-electron chi connectivity index (χ1n) is 7.75. The van der Waals surface area contributed by atoms with Crippen molar-refractivity contribution in [3.63, 3.8) is 0 Å². The van der Waals surface area contributed by atoms with Gasteiger partial charge in [-0.05, 0) is 30.9 Å². The van der Waals surface area contributed by atoms with Gasteiger partial charge in [0.15, 0.2) is 0 Å². The highest BCUT2D eigenvalue weighted by Gasteiger charge is 2.23. The second-order valence-electron chi connectivity index (χ2n) is 5.53. The second kappa shape index (κ2) is 7.09. The molecule has 2 N–H and O–H groups in total. The molecule has 2 aromatic rings. The van der Waals surface area contributed by atoms with Crippen LogP contribution in [0.3, 0.4) is 0 Å². The summed E-state index contributed by atoms with van der Waals surface area (Å²) in [6.45, 7) is 0.688. The van der Waals surface area contributed by atoms with Gasteiger partial charge < -0.3 is 15.4 Å². The van der Waals surface area contributed by atoms with Gasteiger partial charge in [-0.3, -0.25) is 4.79 Å². The van der Waals surface area contributed by atoms with Gasteiger partial charge in [0.25, 0.3) is 5.91 Å². The van der Waals surface area contributed by atoms with Crippen LogP contribution in [-0.2, 0) is 6.42 Å². The van der Waals surface area contributed by atoms with Crippen molar-refractivity contribution >= 4 is 11.9 Å². The van der Waals surface area contributed by atoms with E-state index in [1.165, 1.54) is 0 Å². The molecule has 6 heteroatoms. The topological polar surface area (TPSA) is 76.1 Å². The van der Waals surface area contributed by atoms with E-state index in [2.05, 4.69) is 20.6 Å². The standard InChI is InChI=1S/C17H20N4O2/c1-23-15-5-3-2-4-12(15)8-9-18-17-19-10-13(11-20-17)16(22)21-14-6-7-14/h2-5,10-11,14H,6-9H2,1H3,(H,21,22)(H,18,19,20). The number of amides is 1. The minimum absolute atomic E-state index is 0.104. The van der Waals surface area contributed by atoms with E-state index in [1.807, 2.05) is 24.3 Å². The van der Waals surface area contributed by atoms with Crippen LogP contribution in [-0.4, -0.2) is 35.6 Å². The van der Waals surface area contributed by atoms with Crippen molar-refractivity contribution in [1.82, 2.24) is 15.3 Å². The van der Waals surface area contributed by atoms with Gasteiger partial charge in [0.1, 0.15) is 5.75 Å². The molecule has 120 valence electrons. The molecule has 1 saturated carbocycles. The Hall–Kier alpha value is -2.63. The van der Waals surface area contributed by atoms with E-state index in [0.717, 1.165) is 30.6 Å². The van der Waals surface area contributed by atoms with E-state index < -0.39 is 0 Å². The summed E-state index contributed by atoms with van der Waals surface area (Å²) in [7, 11) is 1.67. The van der Waals surface area contributed by atoms with E-state index in [4.69, 9.17) is 4.74 Å². The summed E-state index contributed by atoms with van der Waals surface area (Å²) in [6.07, 6.45) is 6.04. The van der Waals surface area contributed by atoms with Crippen LogP contribution in [0, 0.1) is 0 Å². The van der Waals surface area contributed by atoms with Gasteiger partial charge in [-0.25, -0.2) is 9.97 Å². The van der Waals surface area contributed by atoms with Crippen LogP contribution in [0.5, 0.6) is 5.75 Å². The molecule has 1 aliphatic rings. The van der Waals surface area contributed by atoms with E-state index in [-0.39, 0.29) is 5.91 Å². The number of methoxy groups -OCH3 is 1. The van der Waals surface area contributed by atoms with Crippen molar-refractivity contribution in [1.29, 1.82) is 0 Å². The molecule has 6 nitrogen and oxygen atoms in total. The smallest absolute Gasteiger partial charge is 0.254 e. The summed E-state index contributed by atoms with van der Waals surface area (Å²) in [5.41, 5.74) is 1.62. The van der Waals surface area contributed by atoms with Crippen molar-refractivity contribution in [2.75, 3.05) is 19.0 Å². The molecule has 0 spiro atoms. The highest BCUT2D eigenvalue weighted by atomic mass is 16.5. The quantitative estimate of drug-likeness (QED) is 0.818. The average Bonchev–Trinajstić information content (AvgIpc) is 3.40. The molecule has 1 aromatic heterocycles. The molecule has 1 aromatic carbocycles. The van der Waals surface area contributed by atoms with Crippen LogP contribution in [0.4, 0.5) is 5.95 Å². The minimum Gasteiger partial charge on any atom is -0.496 e. The zero-order valence-electron chi connectivity index (χ0n) is 13.1. The van der Waals surface area contributed by atoms with E-state index in [9.17, 15) is 4.79 Å². The zero-order valence-corrected chi connectivity index (χ0v) is 13.1. The van der Waals surface area contributed by atoms with Gasteiger partial charge in [0, 0.05) is 25.0 Å². The van der Waals surface area contributed by atoms with Gasteiger partial charge in [-0.15, -0.1) is 0 Å². The Morgan fingerprint density at radius 1 is 1.26 bits per heavy atom. The molecule has 0 atom stereocenters. The lowest BCUT2D eigenvalue weighted by atomic mass is 10.1. The van der Waals surface area contributed by atoms with Crippen molar-refractivity contribution < 1.29 is 9.53 Å². The normalized spacial score (nSPS) is 13.4. The number of aromatic nitrogens is 2. The van der Waals surface area contributed by atoms with E-state index in [1.54, 1.807) is 19.5 Å². The van der Waals surface area contributed by atoms with Crippen LogP contribution < -0.4 is 15.4 Å². The van der Waals surface area contributed by atoms with Crippen LogP contribution in [0.15, 0.2) is 36.7 Å². The molecule has 0 aliphatic heterocycles. The number of nitrogens with zero attached hydrogens (tertiary/aromatic N) is 2. The summed E-state index contributed by atoms with van der Waals surface area (Å²) in [5, 5.41) is 6.07. The Labute approximate surface area is 135 Å².